The van der Waals surface area contributed by atoms with Crippen LogP contribution in [0.5, 0.6) is 0 Å². The number of carbonyl (C=O) groups is 1. The number of hydrogen-bond acceptors (Lipinski definition) is 3. The lowest BCUT2D eigenvalue weighted by Gasteiger charge is -2.32. The van der Waals surface area contributed by atoms with Gasteiger partial charge in [-0.25, -0.2) is 0 Å². The van der Waals surface area contributed by atoms with Crippen LogP contribution in [0.2, 0.25) is 0 Å². The van der Waals surface area contributed by atoms with E-state index in [2.05, 4.69) is 60.1 Å². The summed E-state index contributed by atoms with van der Waals surface area (Å²) in [4.78, 5) is 13.9. The summed E-state index contributed by atoms with van der Waals surface area (Å²) < 4.78 is 0. The van der Waals surface area contributed by atoms with E-state index in [4.69, 9.17) is 5.26 Å². The fourth-order valence-electron chi connectivity index (χ4n) is 3.93. The first-order chi connectivity index (χ1) is 12.7. The summed E-state index contributed by atoms with van der Waals surface area (Å²) in [6, 6.07) is 19.1. The largest absolute Gasteiger partial charge is 0.343 e. The normalized spacial score (nSPS) is 19.5. The molecular formula is C22H24N2OS. The van der Waals surface area contributed by atoms with Gasteiger partial charge in [-0.3, -0.25) is 4.79 Å². The molecule has 3 nitrogen and oxygen atoms in total. The van der Waals surface area contributed by atoms with Crippen LogP contribution in [0.25, 0.3) is 11.1 Å². The second-order valence-electron chi connectivity index (χ2n) is 6.69. The molecule has 2 aromatic carbocycles. The van der Waals surface area contributed by atoms with Crippen LogP contribution in [0, 0.1) is 17.2 Å². The van der Waals surface area contributed by atoms with Crippen molar-refractivity contribution >= 4 is 17.7 Å². The summed E-state index contributed by atoms with van der Waals surface area (Å²) in [7, 11) is 0. The molecule has 2 atom stereocenters. The van der Waals surface area contributed by atoms with Gasteiger partial charge in [0.15, 0.2) is 0 Å². The van der Waals surface area contributed by atoms with Gasteiger partial charge in [0.2, 0.25) is 5.91 Å². The van der Waals surface area contributed by atoms with Gasteiger partial charge in [0.05, 0.1) is 6.07 Å². The van der Waals surface area contributed by atoms with Crippen molar-refractivity contribution in [2.45, 2.75) is 36.5 Å². The molecule has 0 aromatic heterocycles. The van der Waals surface area contributed by atoms with E-state index in [1.165, 1.54) is 21.6 Å². The number of nitrogens with zero attached hydrogens (tertiary/aromatic N) is 1. The quantitative estimate of drug-likeness (QED) is 0.601. The lowest BCUT2D eigenvalue weighted by atomic mass is 9.73. The van der Waals surface area contributed by atoms with Gasteiger partial charge in [-0.15, -0.1) is 11.8 Å². The van der Waals surface area contributed by atoms with Crippen LogP contribution in [0.3, 0.4) is 0 Å². The van der Waals surface area contributed by atoms with Gasteiger partial charge in [0.25, 0.3) is 0 Å². The number of nitriles is 1. The van der Waals surface area contributed by atoms with Gasteiger partial charge in [0.1, 0.15) is 6.54 Å². The van der Waals surface area contributed by atoms with Crippen LogP contribution in [-0.4, -0.2) is 18.7 Å². The third-order valence-corrected chi connectivity index (χ3v) is 5.95. The Labute approximate surface area is 159 Å². The number of carbonyl (C=O) groups excluding carboxylic acids is 1. The molecule has 1 saturated carbocycles. The number of amides is 1. The molecule has 0 spiro atoms. The fraction of sp³-hybridized carbons (Fsp3) is 0.364. The second kappa shape index (κ2) is 8.91. The molecule has 1 amide bonds. The SMILES string of the molecule is CSc1ccc(-c2ccccc2[C@@H]2CCCC[C@H]2C(=O)NCC#N)cc1. The van der Waals surface area contributed by atoms with E-state index >= 15 is 0 Å². The van der Waals surface area contributed by atoms with Crippen LogP contribution >= 0.6 is 11.8 Å². The zero-order chi connectivity index (χ0) is 18.4. The Morgan fingerprint density at radius 3 is 2.62 bits per heavy atom. The van der Waals surface area contributed by atoms with Crippen molar-refractivity contribution in [1.29, 1.82) is 5.26 Å². The molecule has 0 aliphatic heterocycles. The average Bonchev–Trinajstić information content (AvgIpc) is 2.72. The lowest BCUT2D eigenvalue weighted by molar-refractivity contribution is -0.126. The topological polar surface area (TPSA) is 52.9 Å². The number of benzene rings is 2. The Hall–Kier alpha value is -2.25. The van der Waals surface area contributed by atoms with E-state index in [0.717, 1.165) is 25.7 Å². The molecule has 0 heterocycles. The number of thioether (sulfide) groups is 1. The molecule has 0 radical (unpaired) electrons. The summed E-state index contributed by atoms with van der Waals surface area (Å²) in [5, 5.41) is 11.5. The van der Waals surface area contributed by atoms with Crippen LogP contribution in [0.4, 0.5) is 0 Å². The molecule has 3 rings (SSSR count). The minimum atomic E-state index is -0.0521. The van der Waals surface area contributed by atoms with Gasteiger partial charge < -0.3 is 5.32 Å². The molecule has 2 aromatic rings. The highest BCUT2D eigenvalue weighted by atomic mass is 32.2. The third kappa shape index (κ3) is 4.11. The molecule has 26 heavy (non-hydrogen) atoms. The predicted octanol–water partition coefficient (Wildman–Crippen LogP) is 4.99. The average molecular weight is 365 g/mol. The molecule has 0 unspecified atom stereocenters. The third-order valence-electron chi connectivity index (χ3n) is 5.21. The standard InChI is InChI=1S/C22H24N2OS/c1-26-17-12-10-16(11-13-17)18-6-2-3-7-19(18)20-8-4-5-9-21(20)22(25)24-15-14-23/h2-3,6-7,10-13,20-21H,4-5,8-9,15H2,1H3,(H,24,25)/t20-,21+/m0/s1. The highest BCUT2D eigenvalue weighted by Gasteiger charge is 2.33. The zero-order valence-electron chi connectivity index (χ0n) is 15.1. The molecule has 1 fully saturated rings. The maximum absolute atomic E-state index is 12.6. The molecule has 1 N–H and O–H groups in total. The van der Waals surface area contributed by atoms with Gasteiger partial charge in [-0.1, -0.05) is 49.2 Å². The first-order valence-electron chi connectivity index (χ1n) is 9.12. The Bertz CT molecular complexity index is 795. The molecule has 0 saturated heterocycles. The molecule has 1 aliphatic carbocycles. The van der Waals surface area contributed by atoms with Gasteiger partial charge in [0, 0.05) is 10.8 Å². The van der Waals surface area contributed by atoms with Crippen molar-refractivity contribution in [2.75, 3.05) is 12.8 Å². The lowest BCUT2D eigenvalue weighted by Crippen LogP contribution is -2.36. The van der Waals surface area contributed by atoms with E-state index in [1.807, 2.05) is 6.07 Å². The van der Waals surface area contributed by atoms with Crippen LogP contribution in [0.1, 0.15) is 37.2 Å². The predicted molar refractivity (Wildman–Crippen MR) is 107 cm³/mol. The van der Waals surface area contributed by atoms with Gasteiger partial charge in [-0.2, -0.15) is 5.26 Å². The zero-order valence-corrected chi connectivity index (χ0v) is 15.9. The number of hydrogen-bond donors (Lipinski definition) is 1. The summed E-state index contributed by atoms with van der Waals surface area (Å²) in [5.74, 6) is 0.173. The Kier molecular flexibility index (Phi) is 6.35. The smallest absolute Gasteiger partial charge is 0.224 e. The van der Waals surface area contributed by atoms with E-state index < -0.39 is 0 Å². The number of rotatable bonds is 5. The fourth-order valence-corrected chi connectivity index (χ4v) is 4.34. The summed E-state index contributed by atoms with van der Waals surface area (Å²) in [6.07, 6.45) is 6.21. The Morgan fingerprint density at radius 2 is 1.88 bits per heavy atom. The van der Waals surface area contributed by atoms with Gasteiger partial charge >= 0.3 is 0 Å². The van der Waals surface area contributed by atoms with Crippen LogP contribution in [-0.2, 0) is 4.79 Å². The van der Waals surface area contributed by atoms with Crippen molar-refractivity contribution in [1.82, 2.24) is 5.32 Å². The molecule has 4 heteroatoms. The number of nitrogens with one attached hydrogen (secondary N) is 1. The second-order valence-corrected chi connectivity index (χ2v) is 7.57. The highest BCUT2D eigenvalue weighted by molar-refractivity contribution is 7.98. The van der Waals surface area contributed by atoms with E-state index in [-0.39, 0.29) is 24.3 Å². The molecular weight excluding hydrogens is 340 g/mol. The van der Waals surface area contributed by atoms with Crippen molar-refractivity contribution in [2.24, 2.45) is 5.92 Å². The maximum atomic E-state index is 12.6. The van der Waals surface area contributed by atoms with Crippen molar-refractivity contribution in [3.63, 3.8) is 0 Å². The minimum absolute atomic E-state index is 0.0174. The first kappa shape index (κ1) is 18.5. The van der Waals surface area contributed by atoms with Crippen molar-refractivity contribution in [3.8, 4) is 17.2 Å². The molecule has 0 bridgehead atoms. The molecule has 134 valence electrons. The van der Waals surface area contributed by atoms with Crippen molar-refractivity contribution in [3.05, 3.63) is 54.1 Å². The Morgan fingerprint density at radius 1 is 1.15 bits per heavy atom. The van der Waals surface area contributed by atoms with Crippen molar-refractivity contribution < 1.29 is 4.79 Å². The Balaban J connectivity index is 1.94. The summed E-state index contributed by atoms with van der Waals surface area (Å²) in [6.45, 7) is 0.0832. The monoisotopic (exact) mass is 364 g/mol. The highest BCUT2D eigenvalue weighted by Crippen LogP contribution is 2.42. The van der Waals surface area contributed by atoms with E-state index in [0.29, 0.717) is 0 Å². The maximum Gasteiger partial charge on any atom is 0.224 e. The van der Waals surface area contributed by atoms with Crippen LogP contribution in [0.15, 0.2) is 53.4 Å². The van der Waals surface area contributed by atoms with Crippen LogP contribution < -0.4 is 5.32 Å². The van der Waals surface area contributed by atoms with E-state index in [1.54, 1.807) is 11.8 Å². The molecule has 1 aliphatic rings. The van der Waals surface area contributed by atoms with Gasteiger partial charge in [-0.05, 0) is 53.8 Å². The minimum Gasteiger partial charge on any atom is -0.343 e. The van der Waals surface area contributed by atoms with E-state index in [9.17, 15) is 4.79 Å². The summed E-state index contributed by atoms with van der Waals surface area (Å²) >= 11 is 1.74. The first-order valence-corrected chi connectivity index (χ1v) is 10.3. The summed E-state index contributed by atoms with van der Waals surface area (Å²) in [5.41, 5.74) is 3.66.